The summed E-state index contributed by atoms with van der Waals surface area (Å²) in [6, 6.07) is 15.3. The van der Waals surface area contributed by atoms with E-state index in [-0.39, 0.29) is 6.03 Å². The number of para-hydroxylation sites is 1. The van der Waals surface area contributed by atoms with Gasteiger partial charge in [-0.15, -0.1) is 0 Å². The number of amides is 2. The zero-order chi connectivity index (χ0) is 20.0. The smallest absolute Gasteiger partial charge is 0.314 e. The molecule has 2 amide bonds. The van der Waals surface area contributed by atoms with Crippen molar-refractivity contribution in [2.45, 2.75) is 26.7 Å². The van der Waals surface area contributed by atoms with Gasteiger partial charge in [0.15, 0.2) is 11.5 Å². The van der Waals surface area contributed by atoms with Gasteiger partial charge in [-0.1, -0.05) is 24.3 Å². The minimum atomic E-state index is -0.171. The predicted molar refractivity (Wildman–Crippen MR) is 110 cm³/mol. The maximum atomic E-state index is 11.9. The van der Waals surface area contributed by atoms with Gasteiger partial charge in [-0.25, -0.2) is 4.79 Å². The zero-order valence-electron chi connectivity index (χ0n) is 16.7. The summed E-state index contributed by atoms with van der Waals surface area (Å²) in [4.78, 5) is 11.9. The van der Waals surface area contributed by atoms with Crippen LogP contribution in [0.5, 0.6) is 17.2 Å². The fourth-order valence-electron chi connectivity index (χ4n) is 2.61. The Kier molecular flexibility index (Phi) is 9.55. The Balaban J connectivity index is 1.63. The van der Waals surface area contributed by atoms with Crippen molar-refractivity contribution in [3.05, 3.63) is 54.1 Å². The van der Waals surface area contributed by atoms with E-state index in [1.165, 1.54) is 0 Å². The molecule has 0 fully saturated rings. The molecule has 6 nitrogen and oxygen atoms in total. The van der Waals surface area contributed by atoms with E-state index in [1.807, 2.05) is 62.4 Å². The maximum Gasteiger partial charge on any atom is 0.314 e. The topological polar surface area (TPSA) is 68.8 Å². The first-order valence-corrected chi connectivity index (χ1v) is 9.81. The Morgan fingerprint density at radius 1 is 0.857 bits per heavy atom. The second-order valence-corrected chi connectivity index (χ2v) is 6.09. The molecule has 2 N–H and O–H groups in total. The lowest BCUT2D eigenvalue weighted by Gasteiger charge is -2.13. The van der Waals surface area contributed by atoms with Gasteiger partial charge < -0.3 is 24.8 Å². The molecule has 28 heavy (non-hydrogen) atoms. The van der Waals surface area contributed by atoms with Crippen LogP contribution in [-0.4, -0.2) is 38.9 Å². The van der Waals surface area contributed by atoms with Gasteiger partial charge in [0.1, 0.15) is 5.75 Å². The summed E-state index contributed by atoms with van der Waals surface area (Å²) in [6.45, 7) is 6.74. The molecule has 0 heterocycles. The van der Waals surface area contributed by atoms with E-state index >= 15 is 0 Å². The molecule has 2 rings (SSSR count). The molecular weight excluding hydrogens is 356 g/mol. The first-order valence-electron chi connectivity index (χ1n) is 9.81. The van der Waals surface area contributed by atoms with Crippen molar-refractivity contribution in [2.75, 3.05) is 32.9 Å². The number of benzene rings is 2. The lowest BCUT2D eigenvalue weighted by atomic mass is 10.1. The molecule has 6 heteroatoms. The summed E-state index contributed by atoms with van der Waals surface area (Å²) in [5.74, 6) is 2.33. The molecule has 2 aromatic rings. The van der Waals surface area contributed by atoms with E-state index in [4.69, 9.17) is 14.2 Å². The number of carbonyl (C=O) groups excluding carboxylic acids is 1. The Labute approximate surface area is 167 Å². The number of nitrogens with one attached hydrogen (secondary N) is 2. The van der Waals surface area contributed by atoms with Gasteiger partial charge in [-0.05, 0) is 56.5 Å². The van der Waals surface area contributed by atoms with E-state index in [9.17, 15) is 4.79 Å². The summed E-state index contributed by atoms with van der Waals surface area (Å²) >= 11 is 0. The van der Waals surface area contributed by atoms with Crippen LogP contribution in [0, 0.1) is 0 Å². The average molecular weight is 386 g/mol. The summed E-state index contributed by atoms with van der Waals surface area (Å²) in [5, 5.41) is 5.71. The summed E-state index contributed by atoms with van der Waals surface area (Å²) < 4.78 is 16.8. The van der Waals surface area contributed by atoms with Gasteiger partial charge >= 0.3 is 6.03 Å². The Hall–Kier alpha value is -2.89. The fourth-order valence-corrected chi connectivity index (χ4v) is 2.61. The van der Waals surface area contributed by atoms with Crippen molar-refractivity contribution in [1.82, 2.24) is 10.6 Å². The molecular formula is C22H30N2O4. The number of hydrogen-bond acceptors (Lipinski definition) is 4. The van der Waals surface area contributed by atoms with E-state index in [0.717, 1.165) is 35.7 Å². The van der Waals surface area contributed by atoms with Gasteiger partial charge in [-0.3, -0.25) is 0 Å². The molecule has 0 aromatic heterocycles. The Bertz CT molecular complexity index is 707. The van der Waals surface area contributed by atoms with Crippen molar-refractivity contribution < 1.29 is 19.0 Å². The maximum absolute atomic E-state index is 11.9. The number of carbonyl (C=O) groups is 1. The van der Waals surface area contributed by atoms with Crippen molar-refractivity contribution in [2.24, 2.45) is 0 Å². The molecule has 0 atom stereocenters. The predicted octanol–water partition coefficient (Wildman–Crippen LogP) is 3.79. The van der Waals surface area contributed by atoms with Gasteiger partial charge in [0.05, 0.1) is 19.8 Å². The first kappa shape index (κ1) is 21.4. The van der Waals surface area contributed by atoms with Crippen LogP contribution < -0.4 is 24.8 Å². The molecule has 0 aliphatic rings. The highest BCUT2D eigenvalue weighted by atomic mass is 16.5. The largest absolute Gasteiger partial charge is 0.494 e. The highest BCUT2D eigenvalue weighted by Crippen LogP contribution is 2.28. The second kappa shape index (κ2) is 12.5. The number of urea groups is 1. The zero-order valence-corrected chi connectivity index (χ0v) is 16.7. The molecule has 0 saturated heterocycles. The highest BCUT2D eigenvalue weighted by Gasteiger charge is 2.07. The molecule has 0 spiro atoms. The summed E-state index contributed by atoms with van der Waals surface area (Å²) in [6.07, 6.45) is 1.47. The SMILES string of the molecule is CCOc1ccc(CCNC(=O)NCCCOc2ccccc2)cc1OCC. The summed E-state index contributed by atoms with van der Waals surface area (Å²) in [5.41, 5.74) is 1.09. The lowest BCUT2D eigenvalue weighted by Crippen LogP contribution is -2.37. The van der Waals surface area contributed by atoms with E-state index in [0.29, 0.717) is 32.9 Å². The number of rotatable bonds is 12. The monoisotopic (exact) mass is 386 g/mol. The average Bonchev–Trinajstić information content (AvgIpc) is 2.71. The molecule has 0 saturated carbocycles. The first-order chi connectivity index (χ1) is 13.7. The van der Waals surface area contributed by atoms with Crippen LogP contribution >= 0.6 is 0 Å². The molecule has 2 aromatic carbocycles. The lowest BCUT2D eigenvalue weighted by molar-refractivity contribution is 0.239. The minimum Gasteiger partial charge on any atom is -0.494 e. The van der Waals surface area contributed by atoms with Crippen LogP contribution in [0.4, 0.5) is 4.79 Å². The van der Waals surface area contributed by atoms with Crippen LogP contribution in [0.25, 0.3) is 0 Å². The second-order valence-electron chi connectivity index (χ2n) is 6.09. The molecule has 152 valence electrons. The number of hydrogen-bond donors (Lipinski definition) is 2. The van der Waals surface area contributed by atoms with Crippen LogP contribution in [0.15, 0.2) is 48.5 Å². The van der Waals surface area contributed by atoms with E-state index < -0.39 is 0 Å². The molecule has 0 radical (unpaired) electrons. The van der Waals surface area contributed by atoms with E-state index in [2.05, 4.69) is 10.6 Å². The van der Waals surface area contributed by atoms with Crippen LogP contribution in [0.3, 0.4) is 0 Å². The molecule has 0 unspecified atom stereocenters. The molecule has 0 bridgehead atoms. The van der Waals surface area contributed by atoms with Gasteiger partial charge in [0.25, 0.3) is 0 Å². The number of ether oxygens (including phenoxy) is 3. The quantitative estimate of drug-likeness (QED) is 0.545. The van der Waals surface area contributed by atoms with Crippen LogP contribution in [-0.2, 0) is 6.42 Å². The minimum absolute atomic E-state index is 0.171. The van der Waals surface area contributed by atoms with Crippen molar-refractivity contribution in [3.8, 4) is 17.2 Å². The molecule has 0 aliphatic carbocycles. The molecule has 0 aliphatic heterocycles. The van der Waals surface area contributed by atoms with Crippen LogP contribution in [0.1, 0.15) is 25.8 Å². The van der Waals surface area contributed by atoms with Crippen LogP contribution in [0.2, 0.25) is 0 Å². The third-order valence-corrected chi connectivity index (χ3v) is 3.93. The third kappa shape index (κ3) is 7.78. The highest BCUT2D eigenvalue weighted by molar-refractivity contribution is 5.73. The third-order valence-electron chi connectivity index (χ3n) is 3.93. The standard InChI is InChI=1S/C22H30N2O4/c1-3-26-20-12-11-18(17-21(20)27-4-2)13-15-24-22(25)23-14-8-16-28-19-9-6-5-7-10-19/h5-7,9-12,17H,3-4,8,13-16H2,1-2H3,(H2,23,24,25). The fraction of sp³-hybridized carbons (Fsp3) is 0.409. The van der Waals surface area contributed by atoms with E-state index in [1.54, 1.807) is 0 Å². The normalized spacial score (nSPS) is 10.2. The van der Waals surface area contributed by atoms with Gasteiger partial charge in [-0.2, -0.15) is 0 Å². The van der Waals surface area contributed by atoms with Gasteiger partial charge in [0, 0.05) is 13.1 Å². The van der Waals surface area contributed by atoms with Gasteiger partial charge in [0.2, 0.25) is 0 Å². The Morgan fingerprint density at radius 3 is 2.32 bits per heavy atom. The van der Waals surface area contributed by atoms with Crippen molar-refractivity contribution in [3.63, 3.8) is 0 Å². The van der Waals surface area contributed by atoms with Crippen molar-refractivity contribution in [1.29, 1.82) is 0 Å². The Morgan fingerprint density at radius 2 is 1.57 bits per heavy atom. The van der Waals surface area contributed by atoms with Crippen molar-refractivity contribution >= 4 is 6.03 Å². The summed E-state index contributed by atoms with van der Waals surface area (Å²) in [7, 11) is 0.